The third kappa shape index (κ3) is 5.93. The van der Waals surface area contributed by atoms with E-state index < -0.39 is 11.5 Å². The maximum Gasteiger partial charge on any atom is 0.248 e. The number of thiazole rings is 1. The Balaban J connectivity index is 1.92. The first-order chi connectivity index (χ1) is 11.6. The third-order valence-corrected chi connectivity index (χ3v) is 4.94. The first-order valence-electron chi connectivity index (χ1n) is 7.96. The topological polar surface area (TPSA) is 71.1 Å². The molecule has 7 heteroatoms. The quantitative estimate of drug-likeness (QED) is 0.763. The number of carbonyl (C=O) groups excluding carboxylic acids is 2. The summed E-state index contributed by atoms with van der Waals surface area (Å²) < 4.78 is 1.04. The Hall–Kier alpha value is -1.73. The number of carbonyl (C=O) groups is 2. The Morgan fingerprint density at radius 1 is 1.24 bits per heavy atom. The highest BCUT2D eigenvalue weighted by Crippen LogP contribution is 2.22. The van der Waals surface area contributed by atoms with E-state index in [1.54, 1.807) is 13.1 Å². The van der Waals surface area contributed by atoms with E-state index in [2.05, 4.69) is 31.5 Å². The Bertz CT molecular complexity index is 750. The van der Waals surface area contributed by atoms with Crippen molar-refractivity contribution in [2.24, 2.45) is 5.41 Å². The monoisotopic (exact) mass is 423 g/mol. The van der Waals surface area contributed by atoms with Crippen molar-refractivity contribution in [3.8, 4) is 0 Å². The summed E-state index contributed by atoms with van der Waals surface area (Å²) in [4.78, 5) is 29.5. The van der Waals surface area contributed by atoms with Crippen LogP contribution in [0.2, 0.25) is 0 Å². The fourth-order valence-corrected chi connectivity index (χ4v) is 3.06. The van der Waals surface area contributed by atoms with Gasteiger partial charge in [0.15, 0.2) is 5.13 Å². The number of nitrogens with zero attached hydrogens (tertiary/aromatic N) is 1. The highest BCUT2D eigenvalue weighted by Gasteiger charge is 2.25. The van der Waals surface area contributed by atoms with Crippen molar-refractivity contribution >= 4 is 44.2 Å². The van der Waals surface area contributed by atoms with Crippen molar-refractivity contribution in [3.63, 3.8) is 0 Å². The van der Waals surface area contributed by atoms with E-state index in [1.807, 2.05) is 45.0 Å². The van der Waals surface area contributed by atoms with Gasteiger partial charge in [-0.25, -0.2) is 4.98 Å². The van der Waals surface area contributed by atoms with E-state index in [0.29, 0.717) is 5.13 Å². The Morgan fingerprint density at radius 2 is 1.88 bits per heavy atom. The molecule has 0 fully saturated rings. The number of aromatic nitrogens is 1. The second kappa shape index (κ2) is 8.10. The molecule has 2 rings (SSSR count). The van der Waals surface area contributed by atoms with Crippen molar-refractivity contribution in [2.75, 3.05) is 5.32 Å². The second-order valence-corrected chi connectivity index (χ2v) is 8.90. The lowest BCUT2D eigenvalue weighted by molar-refractivity contribution is -0.131. The van der Waals surface area contributed by atoms with Crippen LogP contribution in [-0.2, 0) is 16.0 Å². The summed E-state index contributed by atoms with van der Waals surface area (Å²) in [6.07, 6.45) is 2.53. The number of halogens is 1. The van der Waals surface area contributed by atoms with E-state index in [-0.39, 0.29) is 11.8 Å². The minimum Gasteiger partial charge on any atom is -0.344 e. The summed E-state index contributed by atoms with van der Waals surface area (Å²) in [7, 11) is 0. The second-order valence-electron chi connectivity index (χ2n) is 6.87. The fraction of sp³-hybridized carbons (Fsp3) is 0.389. The molecule has 0 unspecified atom stereocenters. The van der Waals surface area contributed by atoms with Crippen LogP contribution in [0.15, 0.2) is 34.9 Å². The van der Waals surface area contributed by atoms with Gasteiger partial charge in [0.05, 0.1) is 0 Å². The van der Waals surface area contributed by atoms with Crippen LogP contribution in [0.3, 0.4) is 0 Å². The SMILES string of the molecule is C[C@H](NC(=O)C(C)(C)C)C(=O)Nc1ncc(Cc2ccc(Br)cc2)s1. The van der Waals surface area contributed by atoms with Gasteiger partial charge in [-0.15, -0.1) is 11.3 Å². The van der Waals surface area contributed by atoms with Gasteiger partial charge < -0.3 is 10.6 Å². The Kier molecular flexibility index (Phi) is 6.35. The van der Waals surface area contributed by atoms with Crippen LogP contribution < -0.4 is 10.6 Å². The summed E-state index contributed by atoms with van der Waals surface area (Å²) in [5.41, 5.74) is 0.642. The highest BCUT2D eigenvalue weighted by atomic mass is 79.9. The number of nitrogens with one attached hydrogen (secondary N) is 2. The molecule has 2 aromatic rings. The summed E-state index contributed by atoms with van der Waals surface area (Å²) in [6, 6.07) is 7.47. The molecule has 134 valence electrons. The van der Waals surface area contributed by atoms with Gasteiger partial charge in [0.25, 0.3) is 0 Å². The van der Waals surface area contributed by atoms with Crippen LogP contribution in [0.25, 0.3) is 0 Å². The average molecular weight is 424 g/mol. The molecule has 0 aliphatic carbocycles. The van der Waals surface area contributed by atoms with Crippen LogP contribution in [0.4, 0.5) is 5.13 Å². The molecule has 5 nitrogen and oxygen atoms in total. The highest BCUT2D eigenvalue weighted by molar-refractivity contribution is 9.10. The molecule has 1 heterocycles. The number of anilines is 1. The number of benzene rings is 1. The molecule has 0 bridgehead atoms. The predicted molar refractivity (Wildman–Crippen MR) is 105 cm³/mol. The van der Waals surface area contributed by atoms with E-state index in [9.17, 15) is 9.59 Å². The maximum absolute atomic E-state index is 12.2. The van der Waals surface area contributed by atoms with Crippen molar-refractivity contribution in [1.82, 2.24) is 10.3 Å². The van der Waals surface area contributed by atoms with Gasteiger partial charge in [-0.1, -0.05) is 48.8 Å². The summed E-state index contributed by atoms with van der Waals surface area (Å²) in [6.45, 7) is 7.09. The molecular weight excluding hydrogens is 402 g/mol. The molecule has 0 saturated carbocycles. The van der Waals surface area contributed by atoms with Crippen LogP contribution in [0.1, 0.15) is 38.1 Å². The molecule has 1 atom stereocenters. The zero-order valence-electron chi connectivity index (χ0n) is 14.7. The lowest BCUT2D eigenvalue weighted by atomic mass is 9.95. The molecule has 0 radical (unpaired) electrons. The van der Waals surface area contributed by atoms with Gasteiger partial charge in [-0.3, -0.25) is 9.59 Å². The van der Waals surface area contributed by atoms with Gasteiger partial charge in [-0.05, 0) is 24.6 Å². The molecule has 1 aromatic carbocycles. The van der Waals surface area contributed by atoms with E-state index in [4.69, 9.17) is 0 Å². The third-order valence-electron chi connectivity index (χ3n) is 3.50. The maximum atomic E-state index is 12.2. The average Bonchev–Trinajstić information content (AvgIpc) is 2.95. The molecule has 2 N–H and O–H groups in total. The smallest absolute Gasteiger partial charge is 0.248 e. The standard InChI is InChI=1S/C18H22BrN3O2S/c1-11(21-16(24)18(2,3)4)15(23)22-17-20-10-14(25-17)9-12-5-7-13(19)8-6-12/h5-8,10-11H,9H2,1-4H3,(H,21,24)(H,20,22,23)/t11-/m0/s1. The molecule has 0 saturated heterocycles. The van der Waals surface area contributed by atoms with Gasteiger partial charge >= 0.3 is 0 Å². The zero-order valence-corrected chi connectivity index (χ0v) is 17.1. The van der Waals surface area contributed by atoms with Crippen LogP contribution in [0, 0.1) is 5.41 Å². The summed E-state index contributed by atoms with van der Waals surface area (Å²) >= 11 is 4.85. The number of rotatable bonds is 5. The van der Waals surface area contributed by atoms with Gasteiger partial charge in [0.2, 0.25) is 11.8 Å². The zero-order chi connectivity index (χ0) is 18.6. The summed E-state index contributed by atoms with van der Waals surface area (Å²) in [5, 5.41) is 6.01. The molecular formula is C18H22BrN3O2S. The normalized spacial score (nSPS) is 12.5. The first-order valence-corrected chi connectivity index (χ1v) is 9.57. The van der Waals surface area contributed by atoms with Crippen molar-refractivity contribution in [3.05, 3.63) is 45.4 Å². The molecule has 25 heavy (non-hydrogen) atoms. The van der Waals surface area contributed by atoms with Crippen molar-refractivity contribution in [2.45, 2.75) is 40.2 Å². The van der Waals surface area contributed by atoms with E-state index >= 15 is 0 Å². The van der Waals surface area contributed by atoms with Crippen LogP contribution in [0.5, 0.6) is 0 Å². The molecule has 0 aliphatic heterocycles. The first kappa shape index (κ1) is 19.6. The fourth-order valence-electron chi connectivity index (χ4n) is 1.94. The minimum absolute atomic E-state index is 0.162. The van der Waals surface area contributed by atoms with Crippen LogP contribution in [-0.4, -0.2) is 22.8 Å². The largest absolute Gasteiger partial charge is 0.344 e. The molecule has 2 amide bonds. The molecule has 1 aromatic heterocycles. The van der Waals surface area contributed by atoms with Gasteiger partial charge in [-0.2, -0.15) is 0 Å². The summed E-state index contributed by atoms with van der Waals surface area (Å²) in [5.74, 6) is -0.438. The number of hydrogen-bond acceptors (Lipinski definition) is 4. The van der Waals surface area contributed by atoms with E-state index in [0.717, 1.165) is 15.8 Å². The van der Waals surface area contributed by atoms with Gasteiger partial charge in [0, 0.05) is 27.4 Å². The van der Waals surface area contributed by atoms with Gasteiger partial charge in [0.1, 0.15) is 6.04 Å². The van der Waals surface area contributed by atoms with E-state index in [1.165, 1.54) is 16.9 Å². The predicted octanol–water partition coefficient (Wildman–Crippen LogP) is 3.99. The molecule has 0 aliphatic rings. The number of hydrogen-bond donors (Lipinski definition) is 2. The van der Waals surface area contributed by atoms with Crippen molar-refractivity contribution < 1.29 is 9.59 Å². The lowest BCUT2D eigenvalue weighted by Crippen LogP contribution is -2.46. The Morgan fingerprint density at radius 3 is 2.48 bits per heavy atom. The van der Waals surface area contributed by atoms with Crippen LogP contribution >= 0.6 is 27.3 Å². The number of amides is 2. The Labute approximate surface area is 160 Å². The minimum atomic E-state index is -0.620. The van der Waals surface area contributed by atoms with Crippen molar-refractivity contribution in [1.29, 1.82) is 0 Å². The lowest BCUT2D eigenvalue weighted by Gasteiger charge is -2.21. The molecule has 0 spiro atoms.